The number of para-hydroxylation sites is 1. The summed E-state index contributed by atoms with van der Waals surface area (Å²) in [4.78, 5) is 2.35. The molecule has 0 bridgehead atoms. The molecule has 0 amide bonds. The number of hydrogen-bond acceptors (Lipinski definition) is 1. The van der Waals surface area contributed by atoms with Gasteiger partial charge in [-0.2, -0.15) is 0 Å². The van der Waals surface area contributed by atoms with E-state index in [9.17, 15) is 0 Å². The largest absolute Gasteiger partial charge is 0.310 e. The number of fused-ring (bicyclic) bond motifs is 3. The third kappa shape index (κ3) is 4.41. The Bertz CT molecular complexity index is 2080. The van der Waals surface area contributed by atoms with Gasteiger partial charge in [0, 0.05) is 17.1 Å². The summed E-state index contributed by atoms with van der Waals surface area (Å²) < 4.78 is 0. The third-order valence-corrected chi connectivity index (χ3v) is 9.09. The number of benzene rings is 7. The van der Waals surface area contributed by atoms with Crippen LogP contribution in [0.25, 0.3) is 22.3 Å². The summed E-state index contributed by atoms with van der Waals surface area (Å²) in [5.41, 5.74) is 13.3. The second kappa shape index (κ2) is 11.2. The van der Waals surface area contributed by atoms with E-state index in [1.165, 1.54) is 33.4 Å². The summed E-state index contributed by atoms with van der Waals surface area (Å²) in [6.45, 7) is 0. The van der Waals surface area contributed by atoms with Gasteiger partial charge in [0.1, 0.15) is 7.85 Å². The normalized spacial score (nSPS) is 12.7. The summed E-state index contributed by atoms with van der Waals surface area (Å²) in [6.07, 6.45) is 0. The Morgan fingerprint density at radius 3 is 1.60 bits per heavy atom. The fourth-order valence-electron chi connectivity index (χ4n) is 7.17. The number of rotatable bonds is 6. The molecule has 0 aromatic heterocycles. The van der Waals surface area contributed by atoms with E-state index in [1.807, 2.05) is 18.2 Å². The second-order valence-electron chi connectivity index (χ2n) is 11.6. The van der Waals surface area contributed by atoms with E-state index in [0.717, 1.165) is 33.7 Å². The van der Waals surface area contributed by atoms with Crippen LogP contribution in [0.4, 0.5) is 17.1 Å². The lowest BCUT2D eigenvalue weighted by Crippen LogP contribution is -2.28. The molecular weight excluding hydrogens is 541 g/mol. The first-order valence-corrected chi connectivity index (χ1v) is 15.4. The number of nitrogens with zero attached hydrogens (tertiary/aromatic N) is 1. The zero-order valence-electron chi connectivity index (χ0n) is 24.8. The van der Waals surface area contributed by atoms with E-state index in [2.05, 4.69) is 169 Å². The zero-order valence-corrected chi connectivity index (χ0v) is 24.8. The maximum Gasteiger partial charge on any atom is 0.114 e. The molecule has 8 rings (SSSR count). The molecule has 1 aliphatic rings. The molecule has 1 nitrogen and oxygen atoms in total. The van der Waals surface area contributed by atoms with Gasteiger partial charge in [0.25, 0.3) is 0 Å². The average Bonchev–Trinajstić information content (AvgIpc) is 3.40. The lowest BCUT2D eigenvalue weighted by atomic mass is 9.67. The minimum atomic E-state index is -0.465. The number of hydrogen-bond donors (Lipinski definition) is 0. The maximum absolute atomic E-state index is 6.43. The summed E-state index contributed by atoms with van der Waals surface area (Å²) >= 11 is 0. The van der Waals surface area contributed by atoms with Gasteiger partial charge >= 0.3 is 0 Å². The molecule has 0 atom stereocenters. The van der Waals surface area contributed by atoms with E-state index in [-0.39, 0.29) is 0 Å². The van der Waals surface area contributed by atoms with Crippen LogP contribution in [-0.2, 0) is 5.41 Å². The highest BCUT2D eigenvalue weighted by Gasteiger charge is 2.46. The molecule has 0 aliphatic heterocycles. The molecule has 210 valence electrons. The van der Waals surface area contributed by atoms with Crippen molar-refractivity contribution in [1.82, 2.24) is 0 Å². The Morgan fingerprint density at radius 2 is 0.911 bits per heavy atom. The standard InChI is InChI=1S/C43H30BN/c44-42-26-13-11-23-37(42)31-15-14-22-35(29-31)45(34-20-8-3-9-21-34)36-27-28-39-38-24-10-12-25-40(38)43(41(39)30-36,32-16-4-1-5-17-32)33-18-6-2-7-19-33/h1-30H. The van der Waals surface area contributed by atoms with Crippen LogP contribution >= 0.6 is 0 Å². The molecule has 7 aromatic rings. The summed E-state index contributed by atoms with van der Waals surface area (Å²) in [5, 5.41) is 0. The summed E-state index contributed by atoms with van der Waals surface area (Å²) in [5.74, 6) is 0. The van der Waals surface area contributed by atoms with Crippen LogP contribution in [-0.4, -0.2) is 7.85 Å². The van der Waals surface area contributed by atoms with E-state index in [4.69, 9.17) is 7.85 Å². The van der Waals surface area contributed by atoms with Crippen molar-refractivity contribution < 1.29 is 0 Å². The summed E-state index contributed by atoms with van der Waals surface area (Å²) in [6, 6.07) is 65.1. The monoisotopic (exact) mass is 571 g/mol. The van der Waals surface area contributed by atoms with Gasteiger partial charge in [-0.15, -0.1) is 0 Å². The van der Waals surface area contributed by atoms with Gasteiger partial charge in [-0.05, 0) is 80.9 Å². The lowest BCUT2D eigenvalue weighted by molar-refractivity contribution is 0.768. The zero-order chi connectivity index (χ0) is 30.2. The highest BCUT2D eigenvalue weighted by molar-refractivity contribution is 6.35. The van der Waals surface area contributed by atoms with Gasteiger partial charge in [-0.25, -0.2) is 0 Å². The van der Waals surface area contributed by atoms with Crippen LogP contribution in [0, 0.1) is 0 Å². The Balaban J connectivity index is 1.39. The first-order chi connectivity index (χ1) is 22.2. The van der Waals surface area contributed by atoms with Crippen molar-refractivity contribution in [2.24, 2.45) is 0 Å². The minimum absolute atomic E-state index is 0.465. The Morgan fingerprint density at radius 1 is 0.378 bits per heavy atom. The first-order valence-electron chi connectivity index (χ1n) is 15.4. The van der Waals surface area contributed by atoms with Gasteiger partial charge in [-0.1, -0.05) is 151 Å². The van der Waals surface area contributed by atoms with E-state index in [1.54, 1.807) is 0 Å². The molecule has 7 aromatic carbocycles. The molecule has 0 saturated heterocycles. The smallest absolute Gasteiger partial charge is 0.114 e. The quantitative estimate of drug-likeness (QED) is 0.180. The van der Waals surface area contributed by atoms with E-state index in [0.29, 0.717) is 0 Å². The van der Waals surface area contributed by atoms with Crippen molar-refractivity contribution in [3.63, 3.8) is 0 Å². The van der Waals surface area contributed by atoms with E-state index >= 15 is 0 Å². The molecule has 45 heavy (non-hydrogen) atoms. The molecule has 2 radical (unpaired) electrons. The van der Waals surface area contributed by atoms with Crippen LogP contribution in [0.2, 0.25) is 0 Å². The highest BCUT2D eigenvalue weighted by Crippen LogP contribution is 2.57. The fourth-order valence-corrected chi connectivity index (χ4v) is 7.17. The Kier molecular flexibility index (Phi) is 6.69. The van der Waals surface area contributed by atoms with E-state index < -0.39 is 5.41 Å². The van der Waals surface area contributed by atoms with Crippen LogP contribution in [0.15, 0.2) is 182 Å². The maximum atomic E-state index is 6.43. The second-order valence-corrected chi connectivity index (χ2v) is 11.6. The van der Waals surface area contributed by atoms with Crippen molar-refractivity contribution in [3.8, 4) is 22.3 Å². The van der Waals surface area contributed by atoms with Crippen LogP contribution in [0.1, 0.15) is 22.3 Å². The molecule has 0 heterocycles. The van der Waals surface area contributed by atoms with Gasteiger partial charge in [0.05, 0.1) is 5.41 Å². The van der Waals surface area contributed by atoms with Gasteiger partial charge in [0.2, 0.25) is 0 Å². The molecule has 0 saturated carbocycles. The minimum Gasteiger partial charge on any atom is -0.310 e. The van der Waals surface area contributed by atoms with Crippen LogP contribution < -0.4 is 10.4 Å². The van der Waals surface area contributed by atoms with Gasteiger partial charge in [0.15, 0.2) is 0 Å². The van der Waals surface area contributed by atoms with Crippen LogP contribution in [0.5, 0.6) is 0 Å². The molecule has 2 heteroatoms. The van der Waals surface area contributed by atoms with Crippen LogP contribution in [0.3, 0.4) is 0 Å². The number of anilines is 3. The molecule has 0 N–H and O–H groups in total. The summed E-state index contributed by atoms with van der Waals surface area (Å²) in [7, 11) is 6.43. The SMILES string of the molecule is [B]c1ccccc1-c1cccc(N(c2ccccc2)c2ccc3c(c2)C(c2ccccc2)(c2ccccc2)c2ccccc2-3)c1. The third-order valence-electron chi connectivity index (χ3n) is 9.09. The van der Waals surface area contributed by atoms with Crippen molar-refractivity contribution >= 4 is 30.4 Å². The van der Waals surface area contributed by atoms with Crippen molar-refractivity contribution in [2.45, 2.75) is 5.41 Å². The topological polar surface area (TPSA) is 3.24 Å². The van der Waals surface area contributed by atoms with Crippen molar-refractivity contribution in [2.75, 3.05) is 4.90 Å². The Hall–Kier alpha value is -5.60. The molecule has 1 aliphatic carbocycles. The Labute approximate surface area is 266 Å². The predicted molar refractivity (Wildman–Crippen MR) is 189 cm³/mol. The van der Waals surface area contributed by atoms with Crippen molar-refractivity contribution in [1.29, 1.82) is 0 Å². The van der Waals surface area contributed by atoms with Crippen molar-refractivity contribution in [3.05, 3.63) is 204 Å². The van der Waals surface area contributed by atoms with Gasteiger partial charge < -0.3 is 4.90 Å². The predicted octanol–water partition coefficient (Wildman–Crippen LogP) is 9.98. The molecule has 0 unspecified atom stereocenters. The first kappa shape index (κ1) is 27.0. The van der Waals surface area contributed by atoms with Gasteiger partial charge in [-0.3, -0.25) is 0 Å². The average molecular weight is 572 g/mol. The molecular formula is C43H30BN. The molecule has 0 spiro atoms. The fraction of sp³-hybridized carbons (Fsp3) is 0.0233. The molecule has 0 fully saturated rings. The lowest BCUT2D eigenvalue weighted by Gasteiger charge is -2.35. The highest BCUT2D eigenvalue weighted by atomic mass is 15.1.